The highest BCUT2D eigenvalue weighted by Gasteiger charge is 2.03. The van der Waals surface area contributed by atoms with E-state index in [1.54, 1.807) is 6.20 Å². The lowest BCUT2D eigenvalue weighted by molar-refractivity contribution is -0.138. The first-order chi connectivity index (χ1) is 6.24. The number of halogens is 1. The average molecular weight is 246 g/mol. The standard InChI is InChI=1S/C7H8BrN3O2/c1-13-6(12)3-10-7-5(8)2-9-4-11-7/h2,4H,3H2,1H3,(H,9,10,11). The maximum Gasteiger partial charge on any atom is 0.325 e. The number of hydrogen-bond donors (Lipinski definition) is 1. The van der Waals surface area contributed by atoms with Crippen molar-refractivity contribution < 1.29 is 9.53 Å². The normalized spacial score (nSPS) is 9.38. The lowest BCUT2D eigenvalue weighted by Gasteiger charge is -2.04. The molecule has 1 aromatic rings. The molecule has 70 valence electrons. The number of anilines is 1. The predicted molar refractivity (Wildman–Crippen MR) is 50.2 cm³/mol. The van der Waals surface area contributed by atoms with Crippen LogP contribution in [0.3, 0.4) is 0 Å². The van der Waals surface area contributed by atoms with Crippen LogP contribution in [0.4, 0.5) is 5.82 Å². The summed E-state index contributed by atoms with van der Waals surface area (Å²) in [5, 5.41) is 2.79. The van der Waals surface area contributed by atoms with Crippen LogP contribution in [0.25, 0.3) is 0 Å². The number of aromatic nitrogens is 2. The molecular weight excluding hydrogens is 238 g/mol. The van der Waals surface area contributed by atoms with Crippen LogP contribution in [0.1, 0.15) is 0 Å². The molecule has 1 rings (SSSR count). The SMILES string of the molecule is COC(=O)CNc1ncncc1Br. The van der Waals surface area contributed by atoms with Gasteiger partial charge in [0.15, 0.2) is 0 Å². The Hall–Kier alpha value is -1.17. The lowest BCUT2D eigenvalue weighted by atomic mass is 10.5. The van der Waals surface area contributed by atoms with Crippen LogP contribution in [0.5, 0.6) is 0 Å². The summed E-state index contributed by atoms with van der Waals surface area (Å²) in [7, 11) is 1.33. The molecule has 0 radical (unpaired) electrons. The van der Waals surface area contributed by atoms with E-state index in [-0.39, 0.29) is 12.5 Å². The van der Waals surface area contributed by atoms with Gasteiger partial charge in [-0.2, -0.15) is 0 Å². The Morgan fingerprint density at radius 2 is 2.54 bits per heavy atom. The fraction of sp³-hybridized carbons (Fsp3) is 0.286. The Balaban J connectivity index is 2.54. The lowest BCUT2D eigenvalue weighted by Crippen LogP contribution is -2.15. The Bertz CT molecular complexity index is 306. The van der Waals surface area contributed by atoms with Gasteiger partial charge in [-0.25, -0.2) is 9.97 Å². The summed E-state index contributed by atoms with van der Waals surface area (Å²) >= 11 is 3.23. The Morgan fingerprint density at radius 1 is 1.77 bits per heavy atom. The summed E-state index contributed by atoms with van der Waals surface area (Å²) in [6.45, 7) is 0.0894. The zero-order valence-electron chi connectivity index (χ0n) is 6.95. The van der Waals surface area contributed by atoms with Crippen LogP contribution in [0, 0.1) is 0 Å². The van der Waals surface area contributed by atoms with Crippen molar-refractivity contribution in [2.24, 2.45) is 0 Å². The molecule has 0 saturated carbocycles. The van der Waals surface area contributed by atoms with Crippen molar-refractivity contribution in [1.29, 1.82) is 0 Å². The van der Waals surface area contributed by atoms with Crippen molar-refractivity contribution in [3.63, 3.8) is 0 Å². The van der Waals surface area contributed by atoms with Crippen LogP contribution >= 0.6 is 15.9 Å². The van der Waals surface area contributed by atoms with Crippen LogP contribution in [-0.4, -0.2) is 29.6 Å². The zero-order valence-corrected chi connectivity index (χ0v) is 8.54. The largest absolute Gasteiger partial charge is 0.468 e. The Morgan fingerprint density at radius 3 is 3.15 bits per heavy atom. The molecule has 0 saturated heterocycles. The van der Waals surface area contributed by atoms with Crippen LogP contribution < -0.4 is 5.32 Å². The highest BCUT2D eigenvalue weighted by Crippen LogP contribution is 2.16. The second-order valence-corrected chi connectivity index (χ2v) is 3.00. The Labute approximate surface area is 83.7 Å². The molecule has 0 unspecified atom stereocenters. The highest BCUT2D eigenvalue weighted by atomic mass is 79.9. The van der Waals surface area contributed by atoms with E-state index in [9.17, 15) is 4.79 Å². The van der Waals surface area contributed by atoms with Gasteiger partial charge in [0.25, 0.3) is 0 Å². The van der Waals surface area contributed by atoms with E-state index in [1.165, 1.54) is 13.4 Å². The average Bonchev–Trinajstić information content (AvgIpc) is 2.16. The molecule has 1 aromatic heterocycles. The van der Waals surface area contributed by atoms with Crippen molar-refractivity contribution >= 4 is 27.7 Å². The minimum Gasteiger partial charge on any atom is -0.468 e. The molecule has 1 N–H and O–H groups in total. The van der Waals surface area contributed by atoms with Crippen LogP contribution in [-0.2, 0) is 9.53 Å². The smallest absolute Gasteiger partial charge is 0.325 e. The fourth-order valence-electron chi connectivity index (χ4n) is 0.671. The van der Waals surface area contributed by atoms with E-state index in [0.717, 1.165) is 0 Å². The second-order valence-electron chi connectivity index (χ2n) is 2.15. The molecule has 0 spiro atoms. The number of esters is 1. The first kappa shape index (κ1) is 9.91. The molecule has 0 atom stereocenters. The van der Waals surface area contributed by atoms with Gasteiger partial charge in [0.1, 0.15) is 18.7 Å². The molecular formula is C7H8BrN3O2. The number of methoxy groups -OCH3 is 1. The molecule has 0 amide bonds. The van der Waals surface area contributed by atoms with Gasteiger partial charge in [0.05, 0.1) is 11.6 Å². The number of nitrogens with one attached hydrogen (secondary N) is 1. The monoisotopic (exact) mass is 245 g/mol. The number of hydrogen-bond acceptors (Lipinski definition) is 5. The van der Waals surface area contributed by atoms with E-state index >= 15 is 0 Å². The van der Waals surface area contributed by atoms with Gasteiger partial charge in [0.2, 0.25) is 0 Å². The zero-order chi connectivity index (χ0) is 9.68. The number of ether oxygens (including phenoxy) is 1. The van der Waals surface area contributed by atoms with Gasteiger partial charge in [0, 0.05) is 6.20 Å². The summed E-state index contributed by atoms with van der Waals surface area (Å²) < 4.78 is 5.16. The quantitative estimate of drug-likeness (QED) is 0.800. The van der Waals surface area contributed by atoms with E-state index in [4.69, 9.17) is 0 Å². The first-order valence-electron chi connectivity index (χ1n) is 3.50. The molecule has 1 heterocycles. The number of rotatable bonds is 3. The molecule has 6 heteroatoms. The number of nitrogens with zero attached hydrogens (tertiary/aromatic N) is 2. The van der Waals surface area contributed by atoms with Gasteiger partial charge in [-0.05, 0) is 15.9 Å². The predicted octanol–water partition coefficient (Wildman–Crippen LogP) is 0.824. The molecule has 0 aliphatic heterocycles. The molecule has 0 aromatic carbocycles. The summed E-state index contributed by atoms with van der Waals surface area (Å²) in [5.41, 5.74) is 0. The van der Waals surface area contributed by atoms with Crippen molar-refractivity contribution in [3.05, 3.63) is 17.0 Å². The number of carbonyl (C=O) groups excluding carboxylic acids is 1. The van der Waals surface area contributed by atoms with E-state index in [0.29, 0.717) is 10.3 Å². The third-order valence-electron chi connectivity index (χ3n) is 1.30. The van der Waals surface area contributed by atoms with Crippen LogP contribution in [0.15, 0.2) is 17.0 Å². The first-order valence-corrected chi connectivity index (χ1v) is 4.29. The minimum absolute atomic E-state index is 0.0894. The highest BCUT2D eigenvalue weighted by molar-refractivity contribution is 9.10. The molecule has 0 bridgehead atoms. The van der Waals surface area contributed by atoms with Gasteiger partial charge < -0.3 is 10.1 Å². The maximum atomic E-state index is 10.8. The van der Waals surface area contributed by atoms with Crippen molar-refractivity contribution in [3.8, 4) is 0 Å². The van der Waals surface area contributed by atoms with E-state index in [1.807, 2.05) is 0 Å². The third-order valence-corrected chi connectivity index (χ3v) is 1.88. The molecule has 13 heavy (non-hydrogen) atoms. The van der Waals surface area contributed by atoms with Crippen molar-refractivity contribution in [2.45, 2.75) is 0 Å². The second kappa shape index (κ2) is 4.76. The van der Waals surface area contributed by atoms with Gasteiger partial charge >= 0.3 is 5.97 Å². The van der Waals surface area contributed by atoms with Crippen LogP contribution in [0.2, 0.25) is 0 Å². The van der Waals surface area contributed by atoms with E-state index < -0.39 is 0 Å². The maximum absolute atomic E-state index is 10.8. The molecule has 5 nitrogen and oxygen atoms in total. The van der Waals surface area contributed by atoms with Gasteiger partial charge in [-0.1, -0.05) is 0 Å². The van der Waals surface area contributed by atoms with Gasteiger partial charge in [-0.15, -0.1) is 0 Å². The summed E-state index contributed by atoms with van der Waals surface area (Å²) in [4.78, 5) is 18.4. The molecule has 0 fully saturated rings. The van der Waals surface area contributed by atoms with E-state index in [2.05, 4.69) is 36.0 Å². The third kappa shape index (κ3) is 2.98. The topological polar surface area (TPSA) is 64.1 Å². The van der Waals surface area contributed by atoms with Crippen molar-refractivity contribution in [2.75, 3.05) is 19.0 Å². The number of carbonyl (C=O) groups is 1. The molecule has 0 aliphatic carbocycles. The fourth-order valence-corrected chi connectivity index (χ4v) is 1.03. The summed E-state index contributed by atoms with van der Waals surface area (Å²) in [6, 6.07) is 0. The van der Waals surface area contributed by atoms with Gasteiger partial charge in [-0.3, -0.25) is 4.79 Å². The Kier molecular flexibility index (Phi) is 3.63. The minimum atomic E-state index is -0.342. The summed E-state index contributed by atoms with van der Waals surface area (Å²) in [5.74, 6) is 0.228. The summed E-state index contributed by atoms with van der Waals surface area (Å²) in [6.07, 6.45) is 2.98. The van der Waals surface area contributed by atoms with Crippen molar-refractivity contribution in [1.82, 2.24) is 9.97 Å². The molecule has 0 aliphatic rings.